The van der Waals surface area contributed by atoms with Crippen LogP contribution in [0.4, 0.5) is 0 Å². The minimum Gasteiger partial charge on any atom is -0.394 e. The molecule has 134 valence electrons. The van der Waals surface area contributed by atoms with Gasteiger partial charge in [-0.3, -0.25) is 0 Å². The van der Waals surface area contributed by atoms with Gasteiger partial charge >= 0.3 is 0 Å². The van der Waals surface area contributed by atoms with Crippen molar-refractivity contribution in [3.8, 4) is 0 Å². The number of benzene rings is 1. The Labute approximate surface area is 139 Å². The molecule has 2 aliphatic heterocycles. The van der Waals surface area contributed by atoms with Gasteiger partial charge in [-0.2, -0.15) is 0 Å². The average Bonchev–Trinajstić information content (AvgIpc) is 2.63. The number of rotatable bonds is 5. The van der Waals surface area contributed by atoms with Crippen LogP contribution in [0, 0.1) is 0 Å². The quantitative estimate of drug-likeness (QED) is 0.534. The summed E-state index contributed by atoms with van der Waals surface area (Å²) in [5.41, 5.74) is 0.807. The number of aliphatic hydroxyl groups excluding tert-OH is 4. The zero-order valence-corrected chi connectivity index (χ0v) is 13.0. The average molecular weight is 342 g/mol. The molecule has 0 radical (unpaired) electrons. The monoisotopic (exact) mass is 342 g/mol. The maximum atomic E-state index is 10.3. The molecule has 0 amide bonds. The largest absolute Gasteiger partial charge is 0.394 e. The summed E-state index contributed by atoms with van der Waals surface area (Å²) in [4.78, 5) is 0. The lowest BCUT2D eigenvalue weighted by Crippen LogP contribution is -2.62. The fourth-order valence-electron chi connectivity index (χ4n) is 2.75. The molecule has 8 nitrogen and oxygen atoms in total. The van der Waals surface area contributed by atoms with Gasteiger partial charge in [-0.15, -0.1) is 0 Å². The lowest BCUT2D eigenvalue weighted by atomic mass is 9.98. The van der Waals surface area contributed by atoms with E-state index in [2.05, 4.69) is 0 Å². The van der Waals surface area contributed by atoms with Gasteiger partial charge in [-0.1, -0.05) is 30.3 Å². The Morgan fingerprint density at radius 3 is 2.58 bits per heavy atom. The maximum absolute atomic E-state index is 10.3. The Balaban J connectivity index is 1.63. The van der Waals surface area contributed by atoms with Crippen molar-refractivity contribution in [2.75, 3.05) is 19.8 Å². The van der Waals surface area contributed by atoms with Gasteiger partial charge in [0.25, 0.3) is 0 Å². The van der Waals surface area contributed by atoms with Crippen LogP contribution in [0.2, 0.25) is 0 Å². The molecule has 1 aromatic carbocycles. The zero-order chi connectivity index (χ0) is 17.1. The molecule has 2 fully saturated rings. The summed E-state index contributed by atoms with van der Waals surface area (Å²) in [5, 5.41) is 38.6. The van der Waals surface area contributed by atoms with Crippen molar-refractivity contribution in [1.82, 2.24) is 0 Å². The first-order valence-electron chi connectivity index (χ1n) is 7.84. The molecule has 2 heterocycles. The normalized spacial score (nSPS) is 37.7. The SMILES string of the molecule is OC[C@@H](O)CO[C@@H]1O[C@@H]2CO[C@H](c3ccccc3)O[C@@H]2[C@H](O)[C@H]1O. The number of fused-ring (bicyclic) bond motifs is 1. The maximum Gasteiger partial charge on any atom is 0.186 e. The number of ether oxygens (including phenoxy) is 4. The molecule has 8 heteroatoms. The van der Waals surface area contributed by atoms with E-state index < -0.39 is 49.7 Å². The van der Waals surface area contributed by atoms with Crippen LogP contribution in [0.15, 0.2) is 30.3 Å². The molecule has 2 aliphatic rings. The molecule has 0 spiro atoms. The predicted octanol–water partition coefficient (Wildman–Crippen LogP) is -1.08. The molecule has 3 rings (SSSR count). The molecule has 0 aromatic heterocycles. The summed E-state index contributed by atoms with van der Waals surface area (Å²) in [5.74, 6) is 0. The second-order valence-corrected chi connectivity index (χ2v) is 5.87. The molecule has 7 atom stereocenters. The van der Waals surface area contributed by atoms with Crippen LogP contribution in [-0.2, 0) is 18.9 Å². The highest BCUT2D eigenvalue weighted by atomic mass is 16.8. The molecule has 0 bridgehead atoms. The van der Waals surface area contributed by atoms with Crippen molar-refractivity contribution in [2.45, 2.75) is 43.1 Å². The Morgan fingerprint density at radius 1 is 1.12 bits per heavy atom. The lowest BCUT2D eigenvalue weighted by Gasteiger charge is -2.46. The summed E-state index contributed by atoms with van der Waals surface area (Å²) >= 11 is 0. The van der Waals surface area contributed by atoms with E-state index in [4.69, 9.17) is 24.1 Å². The third-order valence-electron chi connectivity index (χ3n) is 4.07. The number of hydrogen-bond acceptors (Lipinski definition) is 8. The first-order chi connectivity index (χ1) is 11.6. The highest BCUT2D eigenvalue weighted by Crippen LogP contribution is 2.34. The van der Waals surface area contributed by atoms with Gasteiger partial charge in [0.1, 0.15) is 30.5 Å². The smallest absolute Gasteiger partial charge is 0.186 e. The van der Waals surface area contributed by atoms with Gasteiger partial charge in [0.2, 0.25) is 0 Å². The molecular formula is C16H22O8. The highest BCUT2D eigenvalue weighted by molar-refractivity contribution is 5.16. The Morgan fingerprint density at radius 2 is 1.88 bits per heavy atom. The van der Waals surface area contributed by atoms with Crippen molar-refractivity contribution in [1.29, 1.82) is 0 Å². The van der Waals surface area contributed by atoms with E-state index >= 15 is 0 Å². The molecule has 2 saturated heterocycles. The van der Waals surface area contributed by atoms with Crippen LogP contribution in [0.25, 0.3) is 0 Å². The third kappa shape index (κ3) is 3.76. The summed E-state index contributed by atoms with van der Waals surface area (Å²) in [7, 11) is 0. The zero-order valence-electron chi connectivity index (χ0n) is 13.0. The van der Waals surface area contributed by atoms with Crippen LogP contribution in [-0.4, -0.2) is 77.1 Å². The van der Waals surface area contributed by atoms with E-state index in [0.29, 0.717) is 0 Å². The summed E-state index contributed by atoms with van der Waals surface area (Å²) in [6.07, 6.45) is -6.81. The minimum absolute atomic E-state index is 0.163. The molecule has 4 N–H and O–H groups in total. The number of aliphatic hydroxyl groups is 4. The van der Waals surface area contributed by atoms with Gasteiger partial charge < -0.3 is 39.4 Å². The lowest BCUT2D eigenvalue weighted by molar-refractivity contribution is -0.362. The van der Waals surface area contributed by atoms with E-state index in [0.717, 1.165) is 5.56 Å². The predicted molar refractivity (Wildman–Crippen MR) is 79.7 cm³/mol. The summed E-state index contributed by atoms with van der Waals surface area (Å²) < 4.78 is 22.2. The first kappa shape index (κ1) is 17.7. The van der Waals surface area contributed by atoms with Crippen LogP contribution in [0.5, 0.6) is 0 Å². The second-order valence-electron chi connectivity index (χ2n) is 5.87. The Kier molecular flexibility index (Phi) is 5.80. The van der Waals surface area contributed by atoms with E-state index in [1.807, 2.05) is 30.3 Å². The van der Waals surface area contributed by atoms with E-state index in [-0.39, 0.29) is 13.2 Å². The fraction of sp³-hybridized carbons (Fsp3) is 0.625. The standard InChI is InChI=1S/C16H22O8/c17-6-10(18)7-21-16-13(20)12(19)14-11(23-16)8-22-15(24-14)9-4-2-1-3-5-9/h1-5,10-20H,6-8H2/t10-,11-,12-,13-,14+,15+,16-/m1/s1. The molecule has 1 aromatic rings. The first-order valence-corrected chi connectivity index (χ1v) is 7.84. The van der Waals surface area contributed by atoms with Crippen LogP contribution < -0.4 is 0 Å². The van der Waals surface area contributed by atoms with Gasteiger partial charge in [0.05, 0.1) is 19.8 Å². The van der Waals surface area contributed by atoms with Crippen molar-refractivity contribution >= 4 is 0 Å². The minimum atomic E-state index is -1.34. The van der Waals surface area contributed by atoms with E-state index in [1.54, 1.807) is 0 Å². The van der Waals surface area contributed by atoms with Gasteiger partial charge in [0, 0.05) is 5.56 Å². The molecule has 24 heavy (non-hydrogen) atoms. The topological polar surface area (TPSA) is 118 Å². The van der Waals surface area contributed by atoms with E-state index in [9.17, 15) is 15.3 Å². The third-order valence-corrected chi connectivity index (χ3v) is 4.07. The highest BCUT2D eigenvalue weighted by Gasteiger charge is 2.49. The molecule has 0 saturated carbocycles. The molecular weight excluding hydrogens is 320 g/mol. The van der Waals surface area contributed by atoms with E-state index in [1.165, 1.54) is 0 Å². The van der Waals surface area contributed by atoms with Crippen molar-refractivity contribution in [3.05, 3.63) is 35.9 Å². The van der Waals surface area contributed by atoms with Gasteiger partial charge in [0.15, 0.2) is 12.6 Å². The molecule has 0 aliphatic carbocycles. The van der Waals surface area contributed by atoms with Crippen LogP contribution in [0.3, 0.4) is 0 Å². The van der Waals surface area contributed by atoms with Crippen LogP contribution in [0.1, 0.15) is 11.9 Å². The van der Waals surface area contributed by atoms with Gasteiger partial charge in [-0.25, -0.2) is 0 Å². The Hall–Kier alpha value is -1.10. The van der Waals surface area contributed by atoms with Crippen molar-refractivity contribution < 1.29 is 39.4 Å². The van der Waals surface area contributed by atoms with Crippen molar-refractivity contribution in [3.63, 3.8) is 0 Å². The molecule has 0 unspecified atom stereocenters. The summed E-state index contributed by atoms with van der Waals surface area (Å²) in [6.45, 7) is -0.532. The summed E-state index contributed by atoms with van der Waals surface area (Å²) in [6, 6.07) is 9.28. The Bertz CT molecular complexity index is 510. The number of hydrogen-bond donors (Lipinski definition) is 4. The second kappa shape index (κ2) is 7.85. The fourth-order valence-corrected chi connectivity index (χ4v) is 2.75. The van der Waals surface area contributed by atoms with Crippen LogP contribution >= 0.6 is 0 Å². The van der Waals surface area contributed by atoms with Gasteiger partial charge in [-0.05, 0) is 0 Å². The van der Waals surface area contributed by atoms with Crippen molar-refractivity contribution in [2.24, 2.45) is 0 Å².